The van der Waals surface area contributed by atoms with E-state index in [0.29, 0.717) is 11.1 Å². The lowest BCUT2D eigenvalue weighted by Gasteiger charge is -2.17. The minimum Gasteiger partial charge on any atom is -0.423 e. The summed E-state index contributed by atoms with van der Waals surface area (Å²) < 4.78 is 31.9. The molecule has 1 aliphatic heterocycles. The molecule has 3 rings (SSSR count). The second-order valence-electron chi connectivity index (χ2n) is 5.93. The molecular weight excluding hydrogens is 384 g/mol. The summed E-state index contributed by atoms with van der Waals surface area (Å²) in [6.45, 7) is 3.59. The topological polar surface area (TPSA) is 107 Å². The lowest BCUT2D eigenvalue weighted by Crippen LogP contribution is -2.30. The molecule has 9 heteroatoms. The van der Waals surface area contributed by atoms with Crippen molar-refractivity contribution in [3.63, 3.8) is 0 Å². The SMILES string of the molecule is C=C(OC(=O)c1ccccc1)C1=CCN(S(=O)(=O)c2ccccc2[N+](=O)[O-])C1. The minimum atomic E-state index is -4.10. The Labute approximate surface area is 161 Å². The van der Waals surface area contributed by atoms with Crippen LogP contribution in [0.2, 0.25) is 0 Å². The maximum absolute atomic E-state index is 12.8. The van der Waals surface area contributed by atoms with Crippen LogP contribution in [-0.2, 0) is 14.8 Å². The van der Waals surface area contributed by atoms with Crippen molar-refractivity contribution in [1.29, 1.82) is 0 Å². The first-order valence-electron chi connectivity index (χ1n) is 8.20. The van der Waals surface area contributed by atoms with E-state index in [-0.39, 0.29) is 23.7 Å². The third kappa shape index (κ3) is 3.85. The van der Waals surface area contributed by atoms with Crippen LogP contribution in [0.5, 0.6) is 0 Å². The summed E-state index contributed by atoms with van der Waals surface area (Å²) in [6.07, 6.45) is 1.56. The monoisotopic (exact) mass is 400 g/mol. The first-order chi connectivity index (χ1) is 13.3. The smallest absolute Gasteiger partial charge is 0.343 e. The zero-order valence-electron chi connectivity index (χ0n) is 14.6. The molecule has 144 valence electrons. The molecule has 2 aromatic rings. The molecule has 0 spiro atoms. The van der Waals surface area contributed by atoms with E-state index in [1.165, 1.54) is 18.2 Å². The maximum atomic E-state index is 12.8. The van der Waals surface area contributed by atoms with E-state index in [0.717, 1.165) is 10.4 Å². The highest BCUT2D eigenvalue weighted by molar-refractivity contribution is 7.89. The summed E-state index contributed by atoms with van der Waals surface area (Å²) >= 11 is 0. The molecule has 0 atom stereocenters. The van der Waals surface area contributed by atoms with Crippen LogP contribution >= 0.6 is 0 Å². The fourth-order valence-electron chi connectivity index (χ4n) is 2.69. The first kappa shape index (κ1) is 19.5. The number of ether oxygens (including phenoxy) is 1. The average molecular weight is 400 g/mol. The van der Waals surface area contributed by atoms with Crippen LogP contribution in [0.1, 0.15) is 10.4 Å². The van der Waals surface area contributed by atoms with E-state index in [1.54, 1.807) is 36.4 Å². The molecule has 0 bridgehead atoms. The number of benzene rings is 2. The van der Waals surface area contributed by atoms with Crippen LogP contribution < -0.4 is 0 Å². The van der Waals surface area contributed by atoms with Crippen molar-refractivity contribution in [2.24, 2.45) is 0 Å². The van der Waals surface area contributed by atoms with Gasteiger partial charge in [0.05, 0.1) is 10.5 Å². The predicted octanol–water partition coefficient (Wildman–Crippen LogP) is 2.90. The summed E-state index contributed by atoms with van der Waals surface area (Å²) in [5.41, 5.74) is 0.267. The number of nitro groups is 1. The third-order valence-electron chi connectivity index (χ3n) is 4.15. The number of esters is 1. The van der Waals surface area contributed by atoms with Crippen LogP contribution in [0.15, 0.2) is 83.5 Å². The normalized spacial score (nSPS) is 14.4. The Kier molecular flexibility index (Phi) is 5.39. The average Bonchev–Trinajstić information content (AvgIpc) is 3.20. The highest BCUT2D eigenvalue weighted by Gasteiger charge is 2.34. The molecule has 8 nitrogen and oxygen atoms in total. The number of para-hydroxylation sites is 1. The summed E-state index contributed by atoms with van der Waals surface area (Å²) in [7, 11) is -4.10. The number of rotatable bonds is 6. The Bertz CT molecular complexity index is 1080. The van der Waals surface area contributed by atoms with Gasteiger partial charge in [-0.15, -0.1) is 0 Å². The van der Waals surface area contributed by atoms with Gasteiger partial charge in [0.2, 0.25) is 0 Å². The molecule has 0 fully saturated rings. The molecule has 0 saturated carbocycles. The van der Waals surface area contributed by atoms with Gasteiger partial charge < -0.3 is 4.74 Å². The van der Waals surface area contributed by atoms with Gasteiger partial charge in [-0.2, -0.15) is 4.31 Å². The van der Waals surface area contributed by atoms with Gasteiger partial charge in [0.15, 0.2) is 4.90 Å². The zero-order valence-corrected chi connectivity index (χ0v) is 15.5. The largest absolute Gasteiger partial charge is 0.423 e. The van der Waals surface area contributed by atoms with E-state index in [1.807, 2.05) is 0 Å². The van der Waals surface area contributed by atoms with Gasteiger partial charge in [0, 0.05) is 24.7 Å². The zero-order chi connectivity index (χ0) is 20.3. The summed E-state index contributed by atoms with van der Waals surface area (Å²) in [6, 6.07) is 13.5. The van der Waals surface area contributed by atoms with Crippen LogP contribution in [0.3, 0.4) is 0 Å². The summed E-state index contributed by atoms with van der Waals surface area (Å²) in [4.78, 5) is 22.1. The van der Waals surface area contributed by atoms with Gasteiger partial charge in [-0.05, 0) is 18.2 Å². The number of nitrogens with zero attached hydrogens (tertiary/aromatic N) is 2. The van der Waals surface area contributed by atoms with E-state index in [4.69, 9.17) is 4.74 Å². The van der Waals surface area contributed by atoms with Crippen molar-refractivity contribution >= 4 is 21.7 Å². The molecular formula is C19H16N2O6S. The van der Waals surface area contributed by atoms with Gasteiger partial charge in [-0.25, -0.2) is 13.2 Å². The number of sulfonamides is 1. The fourth-order valence-corrected chi connectivity index (χ4v) is 4.21. The highest BCUT2D eigenvalue weighted by Crippen LogP contribution is 2.29. The van der Waals surface area contributed by atoms with Crippen LogP contribution in [-0.4, -0.2) is 36.7 Å². The molecule has 0 aliphatic carbocycles. The van der Waals surface area contributed by atoms with E-state index >= 15 is 0 Å². The van der Waals surface area contributed by atoms with Crippen molar-refractivity contribution in [3.05, 3.63) is 94.3 Å². The van der Waals surface area contributed by atoms with E-state index in [9.17, 15) is 23.3 Å². The quantitative estimate of drug-likeness (QED) is 0.319. The van der Waals surface area contributed by atoms with Crippen molar-refractivity contribution < 1.29 is 22.9 Å². The molecule has 0 radical (unpaired) electrons. The van der Waals surface area contributed by atoms with Crippen molar-refractivity contribution in [2.45, 2.75) is 4.90 Å². The standard InChI is InChI=1S/C19H16N2O6S/c1-14(27-19(22)15-7-3-2-4-8-15)16-11-12-20(13-16)28(25,26)18-10-6-5-9-17(18)21(23)24/h2-11H,1,12-13H2. The van der Waals surface area contributed by atoms with Crippen molar-refractivity contribution in [1.82, 2.24) is 4.31 Å². The lowest BCUT2D eigenvalue weighted by molar-refractivity contribution is -0.387. The number of hydrogen-bond donors (Lipinski definition) is 0. The molecule has 1 heterocycles. The second-order valence-corrected chi connectivity index (χ2v) is 7.84. The van der Waals surface area contributed by atoms with Crippen molar-refractivity contribution in [2.75, 3.05) is 13.1 Å². The minimum absolute atomic E-state index is 0.00831. The Morgan fingerprint density at radius 3 is 2.43 bits per heavy atom. The molecule has 28 heavy (non-hydrogen) atoms. The van der Waals surface area contributed by atoms with Crippen LogP contribution in [0.25, 0.3) is 0 Å². The van der Waals surface area contributed by atoms with E-state index in [2.05, 4.69) is 6.58 Å². The predicted molar refractivity (Wildman–Crippen MR) is 101 cm³/mol. The Balaban J connectivity index is 1.73. The molecule has 1 aliphatic rings. The van der Waals surface area contributed by atoms with Gasteiger partial charge in [-0.1, -0.05) is 43.0 Å². The summed E-state index contributed by atoms with van der Waals surface area (Å²) in [5.74, 6) is -0.569. The highest BCUT2D eigenvalue weighted by atomic mass is 32.2. The molecule has 0 aromatic heterocycles. The van der Waals surface area contributed by atoms with Gasteiger partial charge in [0.25, 0.3) is 15.7 Å². The summed E-state index contributed by atoms with van der Waals surface area (Å²) in [5, 5.41) is 11.1. The number of carbonyl (C=O) groups is 1. The molecule has 0 unspecified atom stereocenters. The van der Waals surface area contributed by atoms with Gasteiger partial charge in [0.1, 0.15) is 5.76 Å². The lowest BCUT2D eigenvalue weighted by atomic mass is 10.2. The third-order valence-corrected chi connectivity index (χ3v) is 6.01. The number of nitro benzene ring substituents is 1. The van der Waals surface area contributed by atoms with E-state index < -0.39 is 26.6 Å². The van der Waals surface area contributed by atoms with Crippen molar-refractivity contribution in [3.8, 4) is 0 Å². The maximum Gasteiger partial charge on any atom is 0.343 e. The van der Waals surface area contributed by atoms with Gasteiger partial charge in [-0.3, -0.25) is 10.1 Å². The Hall–Kier alpha value is -3.30. The Morgan fingerprint density at radius 1 is 1.11 bits per heavy atom. The molecule has 0 saturated heterocycles. The fraction of sp³-hybridized carbons (Fsp3) is 0.105. The second kappa shape index (κ2) is 7.75. The van der Waals surface area contributed by atoms with Crippen LogP contribution in [0, 0.1) is 10.1 Å². The molecule has 0 N–H and O–H groups in total. The number of carbonyl (C=O) groups excluding carboxylic acids is 1. The molecule has 2 aromatic carbocycles. The van der Waals surface area contributed by atoms with Gasteiger partial charge >= 0.3 is 5.97 Å². The Morgan fingerprint density at radius 2 is 1.75 bits per heavy atom. The number of hydrogen-bond acceptors (Lipinski definition) is 6. The molecule has 0 amide bonds. The first-order valence-corrected chi connectivity index (χ1v) is 9.64. The van der Waals surface area contributed by atoms with Crippen LogP contribution in [0.4, 0.5) is 5.69 Å².